The Balaban J connectivity index is 1.78. The van der Waals surface area contributed by atoms with Crippen molar-refractivity contribution in [3.63, 3.8) is 0 Å². The molecule has 0 spiro atoms. The number of aromatic nitrogens is 2. The summed E-state index contributed by atoms with van der Waals surface area (Å²) in [4.78, 5) is 26.7. The van der Waals surface area contributed by atoms with Crippen molar-refractivity contribution in [2.75, 3.05) is 28.3 Å². The van der Waals surface area contributed by atoms with E-state index in [1.54, 1.807) is 20.3 Å². The number of methoxy groups -OCH3 is 2. The number of H-pyrrole nitrogens is 1. The van der Waals surface area contributed by atoms with Gasteiger partial charge in [-0.05, 0) is 31.5 Å². The summed E-state index contributed by atoms with van der Waals surface area (Å²) in [6.45, 7) is 4.84. The van der Waals surface area contributed by atoms with E-state index in [9.17, 15) is 4.79 Å². The predicted molar refractivity (Wildman–Crippen MR) is 124 cm³/mol. The molecule has 0 aliphatic heterocycles. The van der Waals surface area contributed by atoms with Crippen LogP contribution < -0.4 is 20.3 Å². The fourth-order valence-corrected chi connectivity index (χ4v) is 3.33. The summed E-state index contributed by atoms with van der Waals surface area (Å²) in [6.07, 6.45) is 0. The number of nitrogens with zero attached hydrogens (tertiary/aromatic N) is 3. The Kier molecular flexibility index (Phi) is 6.91. The molecule has 0 radical (unpaired) electrons. The Morgan fingerprint density at radius 1 is 1.19 bits per heavy atom. The fraction of sp³-hybridized carbons (Fsp3) is 0.348. The van der Waals surface area contributed by atoms with Crippen molar-refractivity contribution >= 4 is 22.4 Å². The first-order valence-electron chi connectivity index (χ1n) is 10.0. The molecule has 8 heteroatoms. The molecular weight excluding hydrogens is 394 g/mol. The molecule has 2 N–H and O–H groups in total. The molecule has 1 aromatic heterocycles. The van der Waals surface area contributed by atoms with Gasteiger partial charge in [0.05, 0.1) is 37.4 Å². The van der Waals surface area contributed by atoms with Crippen molar-refractivity contribution in [1.29, 1.82) is 0 Å². The number of hydrogen-bond acceptors (Lipinski definition) is 6. The second-order valence-corrected chi connectivity index (χ2v) is 7.47. The lowest BCUT2D eigenvalue weighted by Crippen LogP contribution is -2.20. The van der Waals surface area contributed by atoms with Gasteiger partial charge in [-0.1, -0.05) is 12.1 Å². The van der Waals surface area contributed by atoms with Crippen molar-refractivity contribution in [3.8, 4) is 11.5 Å². The van der Waals surface area contributed by atoms with Crippen LogP contribution in [0.3, 0.4) is 0 Å². The Hall–Kier alpha value is -3.39. The van der Waals surface area contributed by atoms with Crippen LogP contribution in [0.25, 0.3) is 10.9 Å². The lowest BCUT2D eigenvalue weighted by Gasteiger charge is -2.13. The maximum atomic E-state index is 12.7. The van der Waals surface area contributed by atoms with E-state index in [2.05, 4.69) is 20.3 Å². The van der Waals surface area contributed by atoms with Gasteiger partial charge in [0.15, 0.2) is 11.5 Å². The zero-order valence-corrected chi connectivity index (χ0v) is 18.9. The van der Waals surface area contributed by atoms with Crippen molar-refractivity contribution in [3.05, 3.63) is 57.6 Å². The molecule has 164 valence electrons. The van der Waals surface area contributed by atoms with Gasteiger partial charge >= 0.3 is 0 Å². The van der Waals surface area contributed by atoms with E-state index in [1.807, 2.05) is 57.1 Å². The van der Waals surface area contributed by atoms with Crippen LogP contribution in [0.2, 0.25) is 0 Å². The second kappa shape index (κ2) is 9.61. The lowest BCUT2D eigenvalue weighted by atomic mass is 10.1. The molecule has 0 saturated heterocycles. The first-order valence-corrected chi connectivity index (χ1v) is 10.0. The number of nitrogens with one attached hydrogen (secondary N) is 2. The Morgan fingerprint density at radius 2 is 1.97 bits per heavy atom. The summed E-state index contributed by atoms with van der Waals surface area (Å²) < 4.78 is 10.8. The normalized spacial score (nSPS) is 11.6. The molecule has 0 saturated carbocycles. The zero-order chi connectivity index (χ0) is 22.5. The molecule has 0 atom stereocenters. The molecule has 3 rings (SSSR count). The first-order chi connectivity index (χ1) is 14.8. The van der Waals surface area contributed by atoms with E-state index in [-0.39, 0.29) is 5.56 Å². The van der Waals surface area contributed by atoms with Crippen LogP contribution in [0.15, 0.2) is 40.1 Å². The van der Waals surface area contributed by atoms with Gasteiger partial charge in [0.25, 0.3) is 5.56 Å². The minimum atomic E-state index is -0.198. The maximum absolute atomic E-state index is 12.7. The molecule has 0 bridgehead atoms. The molecule has 0 aliphatic rings. The van der Waals surface area contributed by atoms with E-state index in [0.29, 0.717) is 46.9 Å². The summed E-state index contributed by atoms with van der Waals surface area (Å²) in [7, 11) is 7.05. The van der Waals surface area contributed by atoms with Crippen LogP contribution in [0.1, 0.15) is 23.9 Å². The zero-order valence-electron chi connectivity index (χ0n) is 18.9. The number of aromatic amines is 1. The summed E-state index contributed by atoms with van der Waals surface area (Å²) in [5, 5.41) is 3.83. The number of amidine groups is 1. The quantitative estimate of drug-likeness (QED) is 0.448. The Labute approximate surface area is 181 Å². The average molecular weight is 424 g/mol. The number of rotatable bonds is 7. The highest BCUT2D eigenvalue weighted by atomic mass is 16.5. The van der Waals surface area contributed by atoms with Gasteiger partial charge < -0.3 is 24.7 Å². The third-order valence-corrected chi connectivity index (χ3v) is 5.10. The molecule has 3 aromatic rings. The van der Waals surface area contributed by atoms with Gasteiger partial charge in [-0.2, -0.15) is 0 Å². The number of hydrogen-bond donors (Lipinski definition) is 2. The molecule has 0 unspecified atom stereocenters. The van der Waals surface area contributed by atoms with Crippen LogP contribution in [0.5, 0.6) is 11.5 Å². The molecule has 0 fully saturated rings. The summed E-state index contributed by atoms with van der Waals surface area (Å²) >= 11 is 0. The lowest BCUT2D eigenvalue weighted by molar-refractivity contribution is 0.354. The largest absolute Gasteiger partial charge is 0.493 e. The van der Waals surface area contributed by atoms with Crippen molar-refractivity contribution in [2.24, 2.45) is 4.99 Å². The first kappa shape index (κ1) is 22.3. The number of fused-ring (bicyclic) bond motifs is 1. The van der Waals surface area contributed by atoms with E-state index in [1.165, 1.54) is 0 Å². The summed E-state index contributed by atoms with van der Waals surface area (Å²) in [6, 6.07) is 9.76. The molecule has 8 nitrogen and oxygen atoms in total. The molecule has 1 heterocycles. The smallest absolute Gasteiger partial charge is 0.259 e. The minimum absolute atomic E-state index is 0.198. The Bertz CT molecular complexity index is 1170. The number of ether oxygens (including phenoxy) is 2. The van der Waals surface area contributed by atoms with Gasteiger partial charge in [0.2, 0.25) is 0 Å². The highest BCUT2D eigenvalue weighted by Gasteiger charge is 2.16. The van der Waals surface area contributed by atoms with Gasteiger partial charge in [-0.15, -0.1) is 0 Å². The van der Waals surface area contributed by atoms with Crippen LogP contribution in [-0.2, 0) is 13.1 Å². The highest BCUT2D eigenvalue weighted by molar-refractivity contribution is 5.86. The van der Waals surface area contributed by atoms with Gasteiger partial charge in [-0.3, -0.25) is 4.79 Å². The summed E-state index contributed by atoms with van der Waals surface area (Å²) in [5.41, 5.74) is 3.08. The highest BCUT2D eigenvalue weighted by Crippen LogP contribution is 2.34. The van der Waals surface area contributed by atoms with Crippen LogP contribution >= 0.6 is 0 Å². The van der Waals surface area contributed by atoms with Crippen molar-refractivity contribution in [1.82, 2.24) is 20.2 Å². The number of benzene rings is 2. The third-order valence-electron chi connectivity index (χ3n) is 5.10. The monoisotopic (exact) mass is 423 g/mol. The standard InChI is InChI=1S/C23H29N5O3/c1-14-21-18(11-19(30-5)22(14)31-6)26-20(27-23(21)29)13-24-12-16-8-7-9-17(10-16)25-15(2)28(3)4/h7-11,24H,12-13H2,1-6H3,(H,26,27,29). The predicted octanol–water partition coefficient (Wildman–Crippen LogP) is 3.15. The molecule has 0 amide bonds. The van der Waals surface area contributed by atoms with Gasteiger partial charge in [-0.25, -0.2) is 9.98 Å². The van der Waals surface area contributed by atoms with Crippen molar-refractivity contribution in [2.45, 2.75) is 26.9 Å². The van der Waals surface area contributed by atoms with Gasteiger partial charge in [0.1, 0.15) is 11.7 Å². The third kappa shape index (κ3) is 5.03. The van der Waals surface area contributed by atoms with Crippen LogP contribution in [0.4, 0.5) is 5.69 Å². The topological polar surface area (TPSA) is 91.8 Å². The minimum Gasteiger partial charge on any atom is -0.493 e. The number of aliphatic imine (C=N–C) groups is 1. The number of aryl methyl sites for hydroxylation is 1. The van der Waals surface area contributed by atoms with Crippen LogP contribution in [-0.4, -0.2) is 49.0 Å². The molecule has 0 aliphatic carbocycles. The second-order valence-electron chi connectivity index (χ2n) is 7.47. The average Bonchev–Trinajstić information content (AvgIpc) is 2.73. The van der Waals surface area contributed by atoms with E-state index in [0.717, 1.165) is 17.1 Å². The van der Waals surface area contributed by atoms with E-state index < -0.39 is 0 Å². The van der Waals surface area contributed by atoms with Crippen molar-refractivity contribution < 1.29 is 9.47 Å². The fourth-order valence-electron chi connectivity index (χ4n) is 3.33. The van der Waals surface area contributed by atoms with E-state index >= 15 is 0 Å². The van der Waals surface area contributed by atoms with Gasteiger partial charge in [0, 0.05) is 32.3 Å². The molecular formula is C23H29N5O3. The summed E-state index contributed by atoms with van der Waals surface area (Å²) in [5.74, 6) is 2.59. The maximum Gasteiger partial charge on any atom is 0.259 e. The SMILES string of the molecule is COc1cc2nc(CNCc3cccc(N=C(C)N(C)C)c3)[nH]c(=O)c2c(C)c1OC. The molecule has 31 heavy (non-hydrogen) atoms. The molecule has 2 aromatic carbocycles. The van der Waals surface area contributed by atoms with Crippen LogP contribution in [0, 0.1) is 6.92 Å². The Morgan fingerprint density at radius 3 is 2.65 bits per heavy atom. The van der Waals surface area contributed by atoms with E-state index in [4.69, 9.17) is 9.47 Å².